The highest BCUT2D eigenvalue weighted by Crippen LogP contribution is 2.40. The maximum absolute atomic E-state index is 13.9. The van der Waals surface area contributed by atoms with E-state index in [4.69, 9.17) is 5.21 Å². The molecule has 7 nitrogen and oxygen atoms in total. The largest absolute Gasteiger partial charge is 0.417 e. The number of hydrogen-bond acceptors (Lipinski definition) is 5. The maximum atomic E-state index is 13.9. The van der Waals surface area contributed by atoms with E-state index in [1.165, 1.54) is 30.6 Å². The predicted molar refractivity (Wildman–Crippen MR) is 113 cm³/mol. The van der Waals surface area contributed by atoms with E-state index in [1.807, 2.05) is 0 Å². The van der Waals surface area contributed by atoms with Crippen molar-refractivity contribution < 1.29 is 23.2 Å². The Bertz CT molecular complexity index is 1300. The number of pyridine rings is 1. The number of nitrogens with zero attached hydrogens (tertiary/aromatic N) is 4. The standard InChI is InChI=1S/C22H18F3N5O2/c1-29(15-7-3-5-13(9-15)20(31)28-32)21-27-18-10-16(14-6-4-8-26-12-14)17(22(23,24)25)11-19(18)30(21)2/h3-12,32H,1-2H3,(H,28,31). The molecule has 4 aromatic rings. The molecule has 0 spiro atoms. The second kappa shape index (κ2) is 7.97. The summed E-state index contributed by atoms with van der Waals surface area (Å²) >= 11 is 0. The summed E-state index contributed by atoms with van der Waals surface area (Å²) in [6.45, 7) is 0. The fourth-order valence-corrected chi connectivity index (χ4v) is 3.56. The van der Waals surface area contributed by atoms with Crippen molar-refractivity contribution in [3.05, 3.63) is 72.1 Å². The Balaban J connectivity index is 1.86. The molecule has 4 rings (SSSR count). The van der Waals surface area contributed by atoms with Gasteiger partial charge in [-0.05, 0) is 42.0 Å². The molecule has 2 heterocycles. The van der Waals surface area contributed by atoms with Gasteiger partial charge in [-0.3, -0.25) is 15.0 Å². The molecule has 2 N–H and O–H groups in total. The number of carbonyl (C=O) groups excluding carboxylic acids is 1. The molecule has 0 unspecified atom stereocenters. The number of amides is 1. The van der Waals surface area contributed by atoms with E-state index < -0.39 is 17.6 Å². The minimum Gasteiger partial charge on any atom is -0.315 e. The minimum absolute atomic E-state index is 0.00739. The highest BCUT2D eigenvalue weighted by Gasteiger charge is 2.35. The van der Waals surface area contributed by atoms with E-state index in [9.17, 15) is 18.0 Å². The maximum Gasteiger partial charge on any atom is 0.417 e. The van der Waals surface area contributed by atoms with Crippen LogP contribution >= 0.6 is 0 Å². The van der Waals surface area contributed by atoms with E-state index in [-0.39, 0.29) is 11.1 Å². The van der Waals surface area contributed by atoms with Gasteiger partial charge in [0.2, 0.25) is 5.95 Å². The lowest BCUT2D eigenvalue weighted by molar-refractivity contribution is -0.137. The fourth-order valence-electron chi connectivity index (χ4n) is 3.56. The van der Waals surface area contributed by atoms with Gasteiger partial charge < -0.3 is 9.47 Å². The molecule has 0 saturated carbocycles. The highest BCUT2D eigenvalue weighted by molar-refractivity contribution is 5.94. The third-order valence-corrected chi connectivity index (χ3v) is 5.17. The molecule has 0 aliphatic carbocycles. The molecule has 0 aliphatic rings. The molecule has 0 saturated heterocycles. The van der Waals surface area contributed by atoms with E-state index in [1.54, 1.807) is 53.3 Å². The normalized spacial score (nSPS) is 11.6. The number of hydrogen-bond donors (Lipinski definition) is 2. The first-order chi connectivity index (χ1) is 15.2. The molecule has 0 atom stereocenters. The van der Waals surface area contributed by atoms with Gasteiger partial charge in [-0.25, -0.2) is 10.5 Å². The zero-order chi connectivity index (χ0) is 23.0. The summed E-state index contributed by atoms with van der Waals surface area (Å²) in [6, 6.07) is 12.0. The number of alkyl halides is 3. The van der Waals surface area contributed by atoms with Crippen molar-refractivity contribution in [2.24, 2.45) is 7.05 Å². The summed E-state index contributed by atoms with van der Waals surface area (Å²) in [6.07, 6.45) is -1.69. The van der Waals surface area contributed by atoms with Gasteiger partial charge in [0.15, 0.2) is 0 Å². The first-order valence-electron chi connectivity index (χ1n) is 9.47. The Morgan fingerprint density at radius 2 is 1.94 bits per heavy atom. The van der Waals surface area contributed by atoms with Crippen molar-refractivity contribution in [2.45, 2.75) is 6.18 Å². The predicted octanol–water partition coefficient (Wildman–Crippen LogP) is 4.54. The summed E-state index contributed by atoms with van der Waals surface area (Å²) in [5.41, 5.74) is 2.58. The highest BCUT2D eigenvalue weighted by atomic mass is 19.4. The van der Waals surface area contributed by atoms with Crippen LogP contribution in [0.1, 0.15) is 15.9 Å². The number of aryl methyl sites for hydroxylation is 1. The van der Waals surface area contributed by atoms with Crippen molar-refractivity contribution in [1.82, 2.24) is 20.0 Å². The second-order valence-corrected chi connectivity index (χ2v) is 7.15. The molecule has 2 aromatic heterocycles. The van der Waals surface area contributed by atoms with Crippen LogP contribution < -0.4 is 10.4 Å². The van der Waals surface area contributed by atoms with Gasteiger partial charge >= 0.3 is 6.18 Å². The van der Waals surface area contributed by atoms with Gasteiger partial charge in [0, 0.05) is 43.3 Å². The number of nitrogens with one attached hydrogen (secondary N) is 1. The quantitative estimate of drug-likeness (QED) is 0.359. The third kappa shape index (κ3) is 3.76. The number of carbonyl (C=O) groups is 1. The van der Waals surface area contributed by atoms with Crippen LogP contribution in [-0.4, -0.2) is 32.7 Å². The fraction of sp³-hybridized carbons (Fsp3) is 0.136. The molecule has 1 amide bonds. The van der Waals surface area contributed by atoms with E-state index in [2.05, 4.69) is 9.97 Å². The van der Waals surface area contributed by atoms with Crippen LogP contribution in [-0.2, 0) is 13.2 Å². The number of aromatic nitrogens is 3. The Morgan fingerprint density at radius 1 is 1.16 bits per heavy atom. The zero-order valence-electron chi connectivity index (χ0n) is 17.1. The van der Waals surface area contributed by atoms with Crippen molar-refractivity contribution in [2.75, 3.05) is 11.9 Å². The van der Waals surface area contributed by atoms with Gasteiger partial charge in [-0.1, -0.05) is 12.1 Å². The molecule has 164 valence electrons. The van der Waals surface area contributed by atoms with Crippen LogP contribution in [0.5, 0.6) is 0 Å². The van der Waals surface area contributed by atoms with E-state index in [0.29, 0.717) is 28.2 Å². The van der Waals surface area contributed by atoms with Gasteiger partial charge in [-0.2, -0.15) is 13.2 Å². The Labute approximate surface area is 180 Å². The van der Waals surface area contributed by atoms with E-state index >= 15 is 0 Å². The molecular formula is C22H18F3N5O2. The molecule has 0 fully saturated rings. The number of imidazole rings is 1. The molecular weight excluding hydrogens is 423 g/mol. The second-order valence-electron chi connectivity index (χ2n) is 7.15. The molecule has 10 heteroatoms. The number of halogens is 3. The lowest BCUT2D eigenvalue weighted by atomic mass is 10.00. The summed E-state index contributed by atoms with van der Waals surface area (Å²) in [5, 5.41) is 8.86. The lowest BCUT2D eigenvalue weighted by Gasteiger charge is -2.19. The molecule has 32 heavy (non-hydrogen) atoms. The van der Waals surface area contributed by atoms with Crippen LogP contribution in [0.25, 0.3) is 22.2 Å². The first kappa shape index (κ1) is 21.3. The number of benzene rings is 2. The van der Waals surface area contributed by atoms with Crippen LogP contribution in [0.3, 0.4) is 0 Å². The summed E-state index contributed by atoms with van der Waals surface area (Å²) in [7, 11) is 3.30. The van der Waals surface area contributed by atoms with Gasteiger partial charge in [0.05, 0.1) is 16.6 Å². The van der Waals surface area contributed by atoms with Crippen LogP contribution in [0.15, 0.2) is 60.9 Å². The SMILES string of the molecule is CN(c1cccc(C(=O)NO)c1)c1nc2cc(-c3cccnc3)c(C(F)(F)F)cc2n1C. The smallest absolute Gasteiger partial charge is 0.315 e. The average Bonchev–Trinajstić information content (AvgIpc) is 3.13. The summed E-state index contributed by atoms with van der Waals surface area (Å²) in [5.74, 6) is -0.306. The zero-order valence-corrected chi connectivity index (χ0v) is 17.1. The molecule has 0 radical (unpaired) electrons. The number of anilines is 2. The van der Waals surface area contributed by atoms with Crippen LogP contribution in [0, 0.1) is 0 Å². The minimum atomic E-state index is -4.57. The number of rotatable bonds is 4. The summed E-state index contributed by atoms with van der Waals surface area (Å²) < 4.78 is 43.1. The van der Waals surface area contributed by atoms with Gasteiger partial charge in [0.25, 0.3) is 5.91 Å². The van der Waals surface area contributed by atoms with Crippen molar-refractivity contribution in [1.29, 1.82) is 0 Å². The summed E-state index contributed by atoms with van der Waals surface area (Å²) in [4.78, 5) is 21.8. The molecule has 0 aliphatic heterocycles. The topological polar surface area (TPSA) is 83.3 Å². The number of fused-ring (bicyclic) bond motifs is 1. The molecule has 0 bridgehead atoms. The first-order valence-corrected chi connectivity index (χ1v) is 9.47. The van der Waals surface area contributed by atoms with Crippen LogP contribution in [0.4, 0.5) is 24.8 Å². The Kier molecular flexibility index (Phi) is 5.31. The monoisotopic (exact) mass is 441 g/mol. The van der Waals surface area contributed by atoms with E-state index in [0.717, 1.165) is 6.07 Å². The Hall–Kier alpha value is -3.92. The average molecular weight is 441 g/mol. The lowest BCUT2D eigenvalue weighted by Crippen LogP contribution is -2.20. The van der Waals surface area contributed by atoms with Crippen molar-refractivity contribution in [3.8, 4) is 11.1 Å². The van der Waals surface area contributed by atoms with Crippen molar-refractivity contribution >= 4 is 28.6 Å². The third-order valence-electron chi connectivity index (χ3n) is 5.17. The van der Waals surface area contributed by atoms with Crippen molar-refractivity contribution in [3.63, 3.8) is 0 Å². The Morgan fingerprint density at radius 3 is 2.59 bits per heavy atom. The van der Waals surface area contributed by atoms with Crippen LogP contribution in [0.2, 0.25) is 0 Å². The molecule has 2 aromatic carbocycles. The van der Waals surface area contributed by atoms with Gasteiger partial charge in [0.1, 0.15) is 0 Å². The number of hydroxylamine groups is 1. The van der Waals surface area contributed by atoms with Gasteiger partial charge in [-0.15, -0.1) is 0 Å².